The van der Waals surface area contributed by atoms with Crippen LogP contribution >= 0.6 is 11.3 Å². The van der Waals surface area contributed by atoms with Gasteiger partial charge in [-0.05, 0) is 19.1 Å². The van der Waals surface area contributed by atoms with Crippen molar-refractivity contribution in [3.05, 3.63) is 29.9 Å². The van der Waals surface area contributed by atoms with E-state index in [1.807, 2.05) is 18.2 Å². The maximum atomic E-state index is 12.3. The molecule has 2 N–H and O–H groups in total. The molecule has 3 heterocycles. The van der Waals surface area contributed by atoms with Crippen molar-refractivity contribution in [3.63, 3.8) is 0 Å². The lowest BCUT2D eigenvalue weighted by Crippen LogP contribution is -2.54. The van der Waals surface area contributed by atoms with Crippen molar-refractivity contribution in [3.8, 4) is 0 Å². The van der Waals surface area contributed by atoms with Crippen LogP contribution in [0.15, 0.2) is 29.9 Å². The van der Waals surface area contributed by atoms with Gasteiger partial charge in [-0.3, -0.25) is 10.1 Å². The molecule has 1 aliphatic rings. The van der Waals surface area contributed by atoms with Gasteiger partial charge in [-0.25, -0.2) is 9.78 Å². The van der Waals surface area contributed by atoms with E-state index in [9.17, 15) is 9.59 Å². The van der Waals surface area contributed by atoms with Crippen molar-refractivity contribution >= 4 is 34.2 Å². The van der Waals surface area contributed by atoms with E-state index in [1.165, 1.54) is 16.8 Å². The van der Waals surface area contributed by atoms with E-state index in [0.29, 0.717) is 31.3 Å². The average Bonchev–Trinajstić information content (AvgIpc) is 3.15. The molecule has 1 atom stereocenters. The minimum Gasteiger partial charge on any atom is -0.353 e. The molecule has 10 heteroatoms. The van der Waals surface area contributed by atoms with E-state index in [2.05, 4.69) is 30.7 Å². The third-order valence-corrected chi connectivity index (χ3v) is 4.47. The van der Waals surface area contributed by atoms with Crippen LogP contribution in [0.5, 0.6) is 0 Å². The van der Waals surface area contributed by atoms with Crippen molar-refractivity contribution in [2.75, 3.05) is 36.4 Å². The Morgan fingerprint density at radius 1 is 1.24 bits per heavy atom. The van der Waals surface area contributed by atoms with Crippen LogP contribution in [0.25, 0.3) is 0 Å². The number of amides is 3. The van der Waals surface area contributed by atoms with Crippen LogP contribution in [-0.4, -0.2) is 64.2 Å². The second-order valence-electron chi connectivity index (χ2n) is 5.57. The Labute approximate surface area is 149 Å². The number of hydrogen-bond acceptors (Lipinski definition) is 7. The fourth-order valence-electron chi connectivity index (χ4n) is 2.46. The summed E-state index contributed by atoms with van der Waals surface area (Å²) in [6, 6.07) is 4.86. The number of nitrogens with one attached hydrogen (secondary N) is 2. The molecule has 1 saturated heterocycles. The van der Waals surface area contributed by atoms with E-state index in [0.717, 1.165) is 5.82 Å². The number of carbonyl (C=O) groups is 2. The predicted octanol–water partition coefficient (Wildman–Crippen LogP) is 0.792. The highest BCUT2D eigenvalue weighted by molar-refractivity contribution is 7.13. The number of hydrogen-bond donors (Lipinski definition) is 2. The van der Waals surface area contributed by atoms with E-state index < -0.39 is 6.04 Å². The van der Waals surface area contributed by atoms with Crippen molar-refractivity contribution < 1.29 is 9.59 Å². The minimum atomic E-state index is -0.662. The summed E-state index contributed by atoms with van der Waals surface area (Å²) in [5.41, 5.74) is 1.53. The number of urea groups is 1. The molecule has 0 bridgehead atoms. The third kappa shape index (κ3) is 4.41. The zero-order valence-electron chi connectivity index (χ0n) is 13.8. The van der Waals surface area contributed by atoms with E-state index in [4.69, 9.17) is 0 Å². The molecule has 0 saturated carbocycles. The highest BCUT2D eigenvalue weighted by Crippen LogP contribution is 2.13. The number of pyridine rings is 1. The van der Waals surface area contributed by atoms with Crippen molar-refractivity contribution in [1.29, 1.82) is 0 Å². The summed E-state index contributed by atoms with van der Waals surface area (Å²) in [5, 5.41) is 13.1. The van der Waals surface area contributed by atoms with Gasteiger partial charge >= 0.3 is 6.03 Å². The van der Waals surface area contributed by atoms with Crippen LogP contribution in [0.3, 0.4) is 0 Å². The Bertz CT molecular complexity index is 702. The first-order chi connectivity index (χ1) is 12.1. The van der Waals surface area contributed by atoms with Crippen LogP contribution in [-0.2, 0) is 4.79 Å². The monoisotopic (exact) mass is 361 g/mol. The molecule has 1 fully saturated rings. The summed E-state index contributed by atoms with van der Waals surface area (Å²) in [5.74, 6) is 0.588. The first kappa shape index (κ1) is 17.1. The first-order valence-corrected chi connectivity index (χ1v) is 8.80. The van der Waals surface area contributed by atoms with Gasteiger partial charge in [0.05, 0.1) is 0 Å². The fourth-order valence-corrected chi connectivity index (χ4v) is 2.91. The van der Waals surface area contributed by atoms with Gasteiger partial charge < -0.3 is 15.1 Å². The standard InChI is InChI=1S/C15H19N7O2S/c1-11(13(23)19-14-20-17-10-25-14)18-15(24)22-8-6-21(7-9-22)12-4-2-3-5-16-12/h2-5,10-11H,6-9H2,1H3,(H,18,24)(H,19,20,23)/t11-/m0/s1. The second-order valence-corrected chi connectivity index (χ2v) is 6.40. The Morgan fingerprint density at radius 3 is 2.68 bits per heavy atom. The molecule has 0 aromatic carbocycles. The van der Waals surface area contributed by atoms with E-state index >= 15 is 0 Å². The van der Waals surface area contributed by atoms with Crippen molar-refractivity contribution in [1.82, 2.24) is 25.4 Å². The van der Waals surface area contributed by atoms with Crippen LogP contribution in [0.1, 0.15) is 6.92 Å². The molecule has 25 heavy (non-hydrogen) atoms. The second kappa shape index (κ2) is 7.88. The topological polar surface area (TPSA) is 103 Å². The Kier molecular flexibility index (Phi) is 5.39. The highest BCUT2D eigenvalue weighted by atomic mass is 32.1. The zero-order valence-corrected chi connectivity index (χ0v) is 14.6. The SMILES string of the molecule is C[C@H](NC(=O)N1CCN(c2ccccn2)CC1)C(=O)Nc1nncs1. The molecule has 9 nitrogen and oxygen atoms in total. The third-order valence-electron chi connectivity index (χ3n) is 3.86. The van der Waals surface area contributed by atoms with Gasteiger partial charge in [0.1, 0.15) is 17.4 Å². The molecular weight excluding hydrogens is 342 g/mol. The molecule has 2 aromatic heterocycles. The van der Waals surface area contributed by atoms with Gasteiger partial charge in [0.25, 0.3) is 0 Å². The molecule has 0 radical (unpaired) electrons. The average molecular weight is 361 g/mol. The Morgan fingerprint density at radius 2 is 2.04 bits per heavy atom. The van der Waals surface area contributed by atoms with Crippen molar-refractivity contribution in [2.24, 2.45) is 0 Å². The molecule has 1 aliphatic heterocycles. The van der Waals surface area contributed by atoms with Crippen LogP contribution < -0.4 is 15.5 Å². The van der Waals surface area contributed by atoms with Crippen LogP contribution in [0.4, 0.5) is 15.7 Å². The summed E-state index contributed by atoms with van der Waals surface area (Å²) in [6.07, 6.45) is 1.76. The zero-order chi connectivity index (χ0) is 17.6. The molecule has 0 spiro atoms. The van der Waals surface area contributed by atoms with Gasteiger partial charge in [-0.15, -0.1) is 10.2 Å². The Balaban J connectivity index is 1.46. The van der Waals surface area contributed by atoms with E-state index in [-0.39, 0.29) is 11.9 Å². The van der Waals surface area contributed by atoms with Gasteiger partial charge in [0.2, 0.25) is 11.0 Å². The van der Waals surface area contributed by atoms with Gasteiger partial charge in [-0.2, -0.15) is 0 Å². The highest BCUT2D eigenvalue weighted by Gasteiger charge is 2.24. The lowest BCUT2D eigenvalue weighted by atomic mass is 10.3. The molecule has 0 unspecified atom stereocenters. The predicted molar refractivity (Wildman–Crippen MR) is 94.6 cm³/mol. The maximum absolute atomic E-state index is 12.3. The number of nitrogens with zero attached hydrogens (tertiary/aromatic N) is 5. The Hall–Kier alpha value is -2.75. The summed E-state index contributed by atoms with van der Waals surface area (Å²) in [6.45, 7) is 4.20. The van der Waals surface area contributed by atoms with Gasteiger partial charge in [0, 0.05) is 32.4 Å². The number of rotatable bonds is 4. The largest absolute Gasteiger partial charge is 0.353 e. The van der Waals surface area contributed by atoms with Gasteiger partial charge in [-0.1, -0.05) is 17.4 Å². The first-order valence-electron chi connectivity index (χ1n) is 7.92. The fraction of sp³-hybridized carbons (Fsp3) is 0.400. The lowest BCUT2D eigenvalue weighted by Gasteiger charge is -2.35. The number of carbonyl (C=O) groups excluding carboxylic acids is 2. The molecule has 3 amide bonds. The van der Waals surface area contributed by atoms with Crippen LogP contribution in [0, 0.1) is 0 Å². The molecule has 3 rings (SSSR count). The molecular formula is C15H19N7O2S. The molecule has 132 valence electrons. The molecule has 0 aliphatic carbocycles. The number of anilines is 2. The summed E-state index contributed by atoms with van der Waals surface area (Å²) in [4.78, 5) is 32.5. The normalized spacial score (nSPS) is 15.6. The summed E-state index contributed by atoms with van der Waals surface area (Å²) in [7, 11) is 0. The van der Waals surface area contributed by atoms with Crippen molar-refractivity contribution in [2.45, 2.75) is 13.0 Å². The summed E-state index contributed by atoms with van der Waals surface area (Å²) >= 11 is 1.23. The smallest absolute Gasteiger partial charge is 0.318 e. The molecule has 2 aromatic rings. The number of aromatic nitrogens is 3. The summed E-state index contributed by atoms with van der Waals surface area (Å²) < 4.78 is 0. The lowest BCUT2D eigenvalue weighted by molar-refractivity contribution is -0.117. The minimum absolute atomic E-state index is 0.249. The number of piperazine rings is 1. The van der Waals surface area contributed by atoms with E-state index in [1.54, 1.807) is 18.0 Å². The van der Waals surface area contributed by atoms with Gasteiger partial charge in [0.15, 0.2) is 0 Å². The maximum Gasteiger partial charge on any atom is 0.318 e. The van der Waals surface area contributed by atoms with Crippen LogP contribution in [0.2, 0.25) is 0 Å². The quantitative estimate of drug-likeness (QED) is 0.835.